The molecule has 0 aliphatic carbocycles. The Bertz CT molecular complexity index is 1340. The summed E-state index contributed by atoms with van der Waals surface area (Å²) in [6, 6.07) is 0.164. The minimum absolute atomic E-state index is 0.0320. The van der Waals surface area contributed by atoms with Gasteiger partial charge < -0.3 is 29.5 Å². The maximum absolute atomic E-state index is 13.4. The first-order valence-electron chi connectivity index (χ1n) is 17.3. The monoisotopic (exact) mass is 758 g/mol. The minimum atomic E-state index is -1.30. The quantitative estimate of drug-likeness (QED) is 0.104. The van der Waals surface area contributed by atoms with Crippen molar-refractivity contribution < 1.29 is 48.7 Å². The maximum Gasteiger partial charge on any atom is 0.508 e. The largest absolute Gasteiger partial charge is 0.508 e. The molecule has 2 aliphatic rings. The van der Waals surface area contributed by atoms with E-state index < -0.39 is 53.7 Å². The van der Waals surface area contributed by atoms with Gasteiger partial charge in [0.15, 0.2) is 0 Å². The Morgan fingerprint density at radius 1 is 1.16 bits per heavy atom. The number of carbonyl (C=O) groups is 4. The van der Waals surface area contributed by atoms with Crippen molar-refractivity contribution in [3.63, 3.8) is 0 Å². The lowest BCUT2D eigenvalue weighted by Gasteiger charge is -2.34. The van der Waals surface area contributed by atoms with E-state index in [1.165, 1.54) is 32.9 Å². The van der Waals surface area contributed by atoms with E-state index >= 15 is 0 Å². The number of aryl methyl sites for hydroxylation is 1. The molecule has 1 aromatic rings. The van der Waals surface area contributed by atoms with E-state index in [1.807, 2.05) is 32.2 Å². The van der Waals surface area contributed by atoms with Crippen LogP contribution in [-0.2, 0) is 28.6 Å². The predicted molar refractivity (Wildman–Crippen MR) is 196 cm³/mol. The van der Waals surface area contributed by atoms with E-state index in [1.54, 1.807) is 27.7 Å². The first kappa shape index (κ1) is 42.2. The molecule has 0 radical (unpaired) electrons. The number of carboxylic acid groups (broad SMARTS) is 1. The van der Waals surface area contributed by atoms with Crippen LogP contribution in [0.15, 0.2) is 11.0 Å². The zero-order chi connectivity index (χ0) is 37.2. The van der Waals surface area contributed by atoms with Crippen LogP contribution in [0.4, 0.5) is 4.79 Å². The summed E-state index contributed by atoms with van der Waals surface area (Å²) in [4.78, 5) is 56.7. The van der Waals surface area contributed by atoms with Crippen molar-refractivity contribution in [2.45, 2.75) is 111 Å². The van der Waals surface area contributed by atoms with Gasteiger partial charge in [0, 0.05) is 47.9 Å². The molecule has 0 amide bonds. The number of thiazole rings is 1. The lowest BCUT2D eigenvalue weighted by Crippen LogP contribution is -2.45. The predicted octanol–water partition coefficient (Wildman–Crippen LogP) is 5.63. The van der Waals surface area contributed by atoms with Crippen molar-refractivity contribution in [1.82, 2.24) is 9.88 Å². The molecule has 15 heteroatoms. The highest BCUT2D eigenvalue weighted by Crippen LogP contribution is 2.39. The Balaban J connectivity index is 1.69. The number of fused-ring (bicyclic) bond motifs is 1. The molecular weight excluding hydrogens is 705 g/mol. The maximum atomic E-state index is 13.4. The van der Waals surface area contributed by atoms with Crippen LogP contribution < -0.4 is 0 Å². The van der Waals surface area contributed by atoms with Crippen LogP contribution in [0.5, 0.6) is 0 Å². The number of hydrogen-bond acceptors (Lipinski definition) is 14. The summed E-state index contributed by atoms with van der Waals surface area (Å²) in [6.45, 7) is 13.0. The van der Waals surface area contributed by atoms with Gasteiger partial charge in [-0.3, -0.25) is 19.3 Å². The van der Waals surface area contributed by atoms with Gasteiger partial charge in [-0.25, -0.2) is 9.78 Å². The van der Waals surface area contributed by atoms with Gasteiger partial charge in [0.25, 0.3) is 0 Å². The van der Waals surface area contributed by atoms with Crippen LogP contribution >= 0.6 is 32.9 Å². The summed E-state index contributed by atoms with van der Waals surface area (Å²) in [7, 11) is 2.85. The van der Waals surface area contributed by atoms with E-state index in [0.717, 1.165) is 29.1 Å². The van der Waals surface area contributed by atoms with Crippen LogP contribution in [0, 0.1) is 30.1 Å². The lowest BCUT2D eigenvalue weighted by atomic mass is 9.73. The number of ketones is 1. The molecule has 2 saturated heterocycles. The third-order valence-corrected chi connectivity index (χ3v) is 13.1. The van der Waals surface area contributed by atoms with Crippen LogP contribution in [-0.4, -0.2) is 111 Å². The van der Waals surface area contributed by atoms with Crippen LogP contribution in [0.2, 0.25) is 0 Å². The second-order valence-corrected chi connectivity index (χ2v) is 17.7. The number of carboxylic acids is 1. The summed E-state index contributed by atoms with van der Waals surface area (Å²) in [5.41, 5.74) is 0.301. The molecule has 2 fully saturated rings. The van der Waals surface area contributed by atoms with Gasteiger partial charge in [-0.2, -0.15) is 0 Å². The second-order valence-electron chi connectivity index (χ2n) is 14.1. The lowest BCUT2D eigenvalue weighted by molar-refractivity contribution is -0.154. The average Bonchev–Trinajstić information content (AvgIpc) is 3.52. The van der Waals surface area contributed by atoms with Gasteiger partial charge in [-0.05, 0) is 44.3 Å². The Morgan fingerprint density at radius 2 is 1.86 bits per heavy atom. The summed E-state index contributed by atoms with van der Waals surface area (Å²) in [5.74, 6) is -2.13. The molecule has 0 aromatic carbocycles. The van der Waals surface area contributed by atoms with Crippen LogP contribution in [0.1, 0.15) is 84.3 Å². The summed E-state index contributed by atoms with van der Waals surface area (Å²) in [6.07, 6.45) is 0.743. The molecule has 50 heavy (non-hydrogen) atoms. The number of rotatable bonds is 12. The van der Waals surface area contributed by atoms with Crippen molar-refractivity contribution in [2.24, 2.45) is 23.2 Å². The van der Waals surface area contributed by atoms with Gasteiger partial charge in [-0.1, -0.05) is 62.6 Å². The zero-order valence-corrected chi connectivity index (χ0v) is 32.6. The Kier molecular flexibility index (Phi) is 16.6. The molecule has 3 heterocycles. The molecule has 3 rings (SSSR count). The summed E-state index contributed by atoms with van der Waals surface area (Å²) in [5, 5.41) is 34.0. The van der Waals surface area contributed by atoms with E-state index in [0.29, 0.717) is 30.9 Å². The van der Waals surface area contributed by atoms with E-state index in [-0.39, 0.29) is 43.4 Å². The summed E-state index contributed by atoms with van der Waals surface area (Å²) >= 11 is 1.52. The van der Waals surface area contributed by atoms with Gasteiger partial charge in [-0.15, -0.1) is 11.3 Å². The van der Waals surface area contributed by atoms with E-state index in [2.05, 4.69) is 9.88 Å². The summed E-state index contributed by atoms with van der Waals surface area (Å²) < 4.78 is 16.5. The Hall–Kier alpha value is -2.17. The number of ether oxygens (including phenoxy) is 3. The Morgan fingerprint density at radius 3 is 2.52 bits per heavy atom. The number of aliphatic hydroxyl groups excluding tert-OH is 2. The molecule has 0 bridgehead atoms. The number of aliphatic carboxylic acids is 1. The second kappa shape index (κ2) is 19.6. The smallest absolute Gasteiger partial charge is 0.481 e. The number of aromatic nitrogens is 1. The molecular formula is C35H54N2O10S3. The van der Waals surface area contributed by atoms with Gasteiger partial charge >= 0.3 is 18.1 Å². The number of cyclic esters (lactones) is 1. The highest BCUT2D eigenvalue weighted by Gasteiger charge is 2.49. The van der Waals surface area contributed by atoms with Crippen molar-refractivity contribution >= 4 is 62.9 Å². The number of esters is 1. The van der Waals surface area contributed by atoms with Gasteiger partial charge in [0.05, 0.1) is 40.7 Å². The third kappa shape index (κ3) is 12.5. The van der Waals surface area contributed by atoms with Crippen molar-refractivity contribution in [3.05, 3.63) is 21.7 Å². The molecule has 0 saturated carbocycles. The number of nitrogens with zero attached hydrogens (tertiary/aromatic N) is 2. The molecule has 9 unspecified atom stereocenters. The standard InChI is InChI=1S/C35H54N2O10S3/c1-20-9-8-10-26-27(37(26)11-12-45-34(44)46-13-14-49-50-18-22(3)33(42)43)16-28(21(2)15-25-19-48-24(5)36-25)47-30(39)17-29(38)35(6,7)32(41)23(4)31(20)40/h15,19-20,22-23,26-29,31,38,40H,8-14,16-18H2,1-7H3,(H,42,43)/b21-15+. The SMILES string of the molecule is C/C(=C\c1csc(C)n1)C1CC2C(CCCC(C)C(O)C(C)C(=O)C(C)(C)C(O)CC(=O)O1)N2CCOC(=O)OCCSSCC(C)C(=O)O. The molecule has 1 aromatic heterocycles. The van der Waals surface area contributed by atoms with Crippen molar-refractivity contribution in [1.29, 1.82) is 0 Å². The first-order valence-corrected chi connectivity index (χ1v) is 20.6. The fourth-order valence-corrected chi connectivity index (χ4v) is 8.99. The average molecular weight is 759 g/mol. The zero-order valence-electron chi connectivity index (χ0n) is 30.2. The topological polar surface area (TPSA) is 173 Å². The normalized spacial score (nSPS) is 30.1. The first-order chi connectivity index (χ1) is 23.5. The highest BCUT2D eigenvalue weighted by molar-refractivity contribution is 8.76. The molecule has 282 valence electrons. The fraction of sp³-hybridized carbons (Fsp3) is 0.743. The van der Waals surface area contributed by atoms with Gasteiger partial charge in [0.2, 0.25) is 0 Å². The van der Waals surface area contributed by atoms with E-state index in [4.69, 9.17) is 19.3 Å². The van der Waals surface area contributed by atoms with Crippen molar-refractivity contribution in [2.75, 3.05) is 31.3 Å². The van der Waals surface area contributed by atoms with Crippen LogP contribution in [0.25, 0.3) is 6.08 Å². The van der Waals surface area contributed by atoms with Crippen LogP contribution in [0.3, 0.4) is 0 Å². The number of Topliss-reactive ketones (excluding diaryl/α,β-unsaturated/α-hetero) is 1. The molecule has 0 spiro atoms. The third-order valence-electron chi connectivity index (χ3n) is 9.73. The van der Waals surface area contributed by atoms with Crippen molar-refractivity contribution in [3.8, 4) is 0 Å². The molecule has 3 N–H and O–H groups in total. The molecule has 9 atom stereocenters. The number of hydrogen-bond donors (Lipinski definition) is 3. The highest BCUT2D eigenvalue weighted by atomic mass is 33.1. The van der Waals surface area contributed by atoms with Gasteiger partial charge in [0.1, 0.15) is 25.1 Å². The molecule has 12 nitrogen and oxygen atoms in total. The van der Waals surface area contributed by atoms with E-state index in [9.17, 15) is 29.4 Å². The Labute approximate surface area is 307 Å². The number of carbonyl (C=O) groups excluding carboxylic acids is 3. The number of aliphatic hydroxyl groups is 2. The molecule has 2 aliphatic heterocycles. The fourth-order valence-electron chi connectivity index (χ4n) is 6.25. The minimum Gasteiger partial charge on any atom is -0.481 e.